The van der Waals surface area contributed by atoms with Gasteiger partial charge in [-0.2, -0.15) is 5.10 Å². The maximum atomic E-state index is 11.3. The first kappa shape index (κ1) is 12.4. The fourth-order valence-corrected chi connectivity index (χ4v) is 1.88. The zero-order valence-corrected chi connectivity index (χ0v) is 10.9. The molecule has 0 aromatic carbocycles. The predicted molar refractivity (Wildman–Crippen MR) is 66.7 cm³/mol. The number of aromatic carboxylic acids is 1. The van der Waals surface area contributed by atoms with E-state index >= 15 is 0 Å². The van der Waals surface area contributed by atoms with Gasteiger partial charge in [-0.15, -0.1) is 0 Å². The van der Waals surface area contributed by atoms with E-state index in [1.807, 2.05) is 33.8 Å². The Balaban J connectivity index is 2.62. The second kappa shape index (κ2) is 4.33. The number of carbonyl (C=O) groups is 1. The van der Waals surface area contributed by atoms with Crippen LogP contribution in [0, 0.1) is 13.8 Å². The highest BCUT2D eigenvalue weighted by Gasteiger charge is 2.21. The first-order valence-electron chi connectivity index (χ1n) is 5.80. The van der Waals surface area contributed by atoms with Crippen molar-refractivity contribution in [2.24, 2.45) is 0 Å². The molecule has 2 heterocycles. The first-order valence-corrected chi connectivity index (χ1v) is 5.80. The van der Waals surface area contributed by atoms with Crippen LogP contribution in [0.5, 0.6) is 0 Å². The van der Waals surface area contributed by atoms with E-state index < -0.39 is 5.97 Å². The number of aromatic nitrogens is 2. The Morgan fingerprint density at radius 1 is 1.44 bits per heavy atom. The van der Waals surface area contributed by atoms with Crippen molar-refractivity contribution in [2.45, 2.75) is 33.7 Å². The highest BCUT2D eigenvalue weighted by molar-refractivity contribution is 5.94. The molecule has 0 fully saturated rings. The Bertz CT molecular complexity index is 593. The molecule has 0 aliphatic carbocycles. The Kier molecular flexibility index (Phi) is 2.98. The molecule has 2 aromatic rings. The number of carboxylic acids is 1. The van der Waals surface area contributed by atoms with Crippen molar-refractivity contribution in [3.05, 3.63) is 29.3 Å². The van der Waals surface area contributed by atoms with Crippen LogP contribution < -0.4 is 0 Å². The minimum atomic E-state index is -0.977. The van der Waals surface area contributed by atoms with Crippen LogP contribution in [0.25, 0.3) is 11.3 Å². The van der Waals surface area contributed by atoms with Gasteiger partial charge in [0, 0.05) is 17.8 Å². The lowest BCUT2D eigenvalue weighted by Crippen LogP contribution is -2.00. The van der Waals surface area contributed by atoms with Crippen LogP contribution in [0.2, 0.25) is 0 Å². The van der Waals surface area contributed by atoms with Crippen molar-refractivity contribution in [3.63, 3.8) is 0 Å². The van der Waals surface area contributed by atoms with E-state index in [2.05, 4.69) is 5.10 Å². The van der Waals surface area contributed by atoms with Crippen LogP contribution in [-0.2, 0) is 0 Å². The van der Waals surface area contributed by atoms with E-state index in [-0.39, 0.29) is 11.6 Å². The second-order valence-corrected chi connectivity index (χ2v) is 4.60. The number of aryl methyl sites for hydroxylation is 2. The molecule has 2 aromatic heterocycles. The van der Waals surface area contributed by atoms with E-state index in [4.69, 9.17) is 4.42 Å². The third-order valence-electron chi connectivity index (χ3n) is 2.79. The van der Waals surface area contributed by atoms with Gasteiger partial charge in [0.25, 0.3) is 0 Å². The second-order valence-electron chi connectivity index (χ2n) is 4.60. The van der Waals surface area contributed by atoms with Crippen molar-refractivity contribution >= 4 is 5.97 Å². The topological polar surface area (TPSA) is 68.3 Å². The molecule has 1 N–H and O–H groups in total. The van der Waals surface area contributed by atoms with E-state index in [0.717, 1.165) is 11.3 Å². The Morgan fingerprint density at radius 3 is 2.56 bits per heavy atom. The summed E-state index contributed by atoms with van der Waals surface area (Å²) >= 11 is 0. The minimum Gasteiger partial charge on any atom is -0.478 e. The summed E-state index contributed by atoms with van der Waals surface area (Å²) < 4.78 is 7.08. The summed E-state index contributed by atoms with van der Waals surface area (Å²) in [7, 11) is 0. The van der Waals surface area contributed by atoms with Gasteiger partial charge in [-0.25, -0.2) is 4.79 Å². The largest absolute Gasteiger partial charge is 0.478 e. The maximum absolute atomic E-state index is 11.3. The van der Waals surface area contributed by atoms with Gasteiger partial charge in [-0.05, 0) is 33.8 Å². The van der Waals surface area contributed by atoms with Crippen molar-refractivity contribution in [1.29, 1.82) is 0 Å². The molecule has 0 radical (unpaired) electrons. The molecule has 0 spiro atoms. The fraction of sp³-hybridized carbons (Fsp3) is 0.385. The van der Waals surface area contributed by atoms with Gasteiger partial charge >= 0.3 is 5.97 Å². The standard InChI is InChI=1S/C13H16N2O3/c1-7(2)15-6-11(13(16)17)12(14-15)10-5-8(3)18-9(10)4/h5-7H,1-4H3,(H,16,17). The Morgan fingerprint density at radius 2 is 2.11 bits per heavy atom. The van der Waals surface area contributed by atoms with E-state index in [1.54, 1.807) is 10.9 Å². The highest BCUT2D eigenvalue weighted by Crippen LogP contribution is 2.29. The van der Waals surface area contributed by atoms with Crippen LogP contribution in [0.4, 0.5) is 0 Å². The summed E-state index contributed by atoms with van der Waals surface area (Å²) in [5.74, 6) is 0.456. The molecular formula is C13H16N2O3. The molecule has 0 saturated carbocycles. The van der Waals surface area contributed by atoms with Gasteiger partial charge in [0.1, 0.15) is 22.8 Å². The summed E-state index contributed by atoms with van der Waals surface area (Å²) in [6, 6.07) is 1.93. The van der Waals surface area contributed by atoms with Gasteiger partial charge < -0.3 is 9.52 Å². The van der Waals surface area contributed by atoms with Crippen LogP contribution in [0.1, 0.15) is 41.8 Å². The summed E-state index contributed by atoms with van der Waals surface area (Å²) in [4.78, 5) is 11.3. The monoisotopic (exact) mass is 248 g/mol. The number of furan rings is 1. The van der Waals surface area contributed by atoms with Gasteiger partial charge in [0.2, 0.25) is 0 Å². The summed E-state index contributed by atoms with van der Waals surface area (Å²) in [5.41, 5.74) is 1.41. The summed E-state index contributed by atoms with van der Waals surface area (Å²) in [5, 5.41) is 13.6. The minimum absolute atomic E-state index is 0.116. The average molecular weight is 248 g/mol. The first-order chi connectivity index (χ1) is 8.40. The smallest absolute Gasteiger partial charge is 0.339 e. The normalized spacial score (nSPS) is 11.2. The molecule has 0 unspecified atom stereocenters. The molecule has 0 aliphatic heterocycles. The molecule has 0 saturated heterocycles. The lowest BCUT2D eigenvalue weighted by Gasteiger charge is -2.03. The molecule has 5 heteroatoms. The lowest BCUT2D eigenvalue weighted by atomic mass is 10.1. The number of rotatable bonds is 3. The van der Waals surface area contributed by atoms with E-state index in [1.165, 1.54) is 0 Å². The molecule has 5 nitrogen and oxygen atoms in total. The molecule has 0 amide bonds. The third kappa shape index (κ3) is 2.03. The van der Waals surface area contributed by atoms with Crippen LogP contribution in [0.3, 0.4) is 0 Å². The Hall–Kier alpha value is -2.04. The quantitative estimate of drug-likeness (QED) is 0.906. The summed E-state index contributed by atoms with van der Waals surface area (Å²) in [6.45, 7) is 7.55. The van der Waals surface area contributed by atoms with Crippen molar-refractivity contribution in [3.8, 4) is 11.3 Å². The Labute approximate surface area is 105 Å². The third-order valence-corrected chi connectivity index (χ3v) is 2.79. The molecule has 0 aliphatic rings. The number of nitrogens with zero attached hydrogens (tertiary/aromatic N) is 2. The van der Waals surface area contributed by atoms with Crippen molar-refractivity contribution < 1.29 is 14.3 Å². The molecule has 18 heavy (non-hydrogen) atoms. The van der Waals surface area contributed by atoms with Gasteiger partial charge in [0.05, 0.1) is 0 Å². The summed E-state index contributed by atoms with van der Waals surface area (Å²) in [6.07, 6.45) is 1.56. The SMILES string of the molecule is Cc1cc(-c2nn(C(C)C)cc2C(=O)O)c(C)o1. The van der Waals surface area contributed by atoms with Crippen LogP contribution >= 0.6 is 0 Å². The number of hydrogen-bond donors (Lipinski definition) is 1. The molecule has 2 rings (SSSR count). The number of hydrogen-bond acceptors (Lipinski definition) is 3. The van der Waals surface area contributed by atoms with Crippen LogP contribution in [-0.4, -0.2) is 20.9 Å². The van der Waals surface area contributed by atoms with Gasteiger partial charge in [-0.1, -0.05) is 0 Å². The fourth-order valence-electron chi connectivity index (χ4n) is 1.88. The molecule has 96 valence electrons. The zero-order valence-electron chi connectivity index (χ0n) is 10.9. The zero-order chi connectivity index (χ0) is 13.4. The highest BCUT2D eigenvalue weighted by atomic mass is 16.4. The van der Waals surface area contributed by atoms with Gasteiger partial charge in [0.15, 0.2) is 0 Å². The van der Waals surface area contributed by atoms with Gasteiger partial charge in [-0.3, -0.25) is 4.68 Å². The maximum Gasteiger partial charge on any atom is 0.339 e. The van der Waals surface area contributed by atoms with E-state index in [9.17, 15) is 9.90 Å². The molecular weight excluding hydrogens is 232 g/mol. The molecule has 0 atom stereocenters. The van der Waals surface area contributed by atoms with Crippen molar-refractivity contribution in [1.82, 2.24) is 9.78 Å². The van der Waals surface area contributed by atoms with Crippen LogP contribution in [0.15, 0.2) is 16.7 Å². The van der Waals surface area contributed by atoms with E-state index in [0.29, 0.717) is 11.5 Å². The number of carboxylic acid groups (broad SMARTS) is 1. The molecule has 0 bridgehead atoms. The van der Waals surface area contributed by atoms with Crippen molar-refractivity contribution in [2.75, 3.05) is 0 Å². The average Bonchev–Trinajstić information content (AvgIpc) is 2.81. The lowest BCUT2D eigenvalue weighted by molar-refractivity contribution is 0.0697. The predicted octanol–water partition coefficient (Wildman–Crippen LogP) is 3.04.